The van der Waals surface area contributed by atoms with Gasteiger partial charge in [-0.2, -0.15) is 5.10 Å². The van der Waals surface area contributed by atoms with E-state index in [9.17, 15) is 9.90 Å². The monoisotopic (exact) mass is 415 g/mol. The number of ether oxygens (including phenoxy) is 1. The van der Waals surface area contributed by atoms with E-state index in [1.54, 1.807) is 20.0 Å². The summed E-state index contributed by atoms with van der Waals surface area (Å²) in [5, 5.41) is 19.5. The van der Waals surface area contributed by atoms with E-state index in [4.69, 9.17) is 9.72 Å². The Balaban J connectivity index is 1.40. The summed E-state index contributed by atoms with van der Waals surface area (Å²) < 4.78 is 7.74. The minimum absolute atomic E-state index is 0.0500. The van der Waals surface area contributed by atoms with E-state index in [2.05, 4.69) is 25.6 Å². The summed E-state index contributed by atoms with van der Waals surface area (Å²) in [5.41, 5.74) is 0.939. The molecule has 1 unspecified atom stereocenters. The molecule has 0 spiro atoms. The second-order valence-electron chi connectivity index (χ2n) is 8.42. The first-order valence-corrected chi connectivity index (χ1v) is 10.4. The quantitative estimate of drug-likeness (QED) is 0.682. The number of aliphatic hydroxyl groups is 1. The van der Waals surface area contributed by atoms with Crippen molar-refractivity contribution in [2.24, 2.45) is 0 Å². The molecule has 10 heteroatoms. The lowest BCUT2D eigenvalue weighted by atomic mass is 10.1. The minimum atomic E-state index is -0.970. The van der Waals surface area contributed by atoms with Crippen LogP contribution >= 0.6 is 0 Å². The van der Waals surface area contributed by atoms with E-state index >= 15 is 0 Å². The van der Waals surface area contributed by atoms with Crippen LogP contribution in [0.25, 0.3) is 0 Å². The Hall–Kier alpha value is -2.72. The zero-order chi connectivity index (χ0) is 21.1. The number of aromatic nitrogens is 4. The molecule has 30 heavy (non-hydrogen) atoms. The van der Waals surface area contributed by atoms with E-state index in [1.807, 2.05) is 16.8 Å². The van der Waals surface area contributed by atoms with Gasteiger partial charge in [-0.1, -0.05) is 0 Å². The summed E-state index contributed by atoms with van der Waals surface area (Å²) >= 11 is 0. The summed E-state index contributed by atoms with van der Waals surface area (Å²) in [7, 11) is 0. The van der Waals surface area contributed by atoms with Crippen molar-refractivity contribution >= 4 is 17.8 Å². The van der Waals surface area contributed by atoms with Crippen LogP contribution in [0.3, 0.4) is 0 Å². The smallest absolute Gasteiger partial charge is 0.320 e. The highest BCUT2D eigenvalue weighted by atomic mass is 16.5. The van der Waals surface area contributed by atoms with Gasteiger partial charge < -0.3 is 20.1 Å². The van der Waals surface area contributed by atoms with Gasteiger partial charge in [0.1, 0.15) is 0 Å². The maximum absolute atomic E-state index is 12.0. The van der Waals surface area contributed by atoms with Gasteiger partial charge in [-0.25, -0.2) is 14.8 Å². The second-order valence-corrected chi connectivity index (χ2v) is 8.42. The van der Waals surface area contributed by atoms with Crippen molar-refractivity contribution in [3.05, 3.63) is 29.7 Å². The molecule has 3 N–H and O–H groups in total. The molecule has 10 nitrogen and oxygen atoms in total. The molecule has 2 aliphatic rings. The van der Waals surface area contributed by atoms with Crippen molar-refractivity contribution in [3.8, 4) is 0 Å². The fourth-order valence-corrected chi connectivity index (χ4v) is 3.62. The van der Waals surface area contributed by atoms with E-state index in [-0.39, 0.29) is 12.6 Å². The molecular formula is C20H29N7O3. The van der Waals surface area contributed by atoms with Gasteiger partial charge in [0.2, 0.25) is 5.95 Å². The molecule has 4 rings (SSSR count). The highest BCUT2D eigenvalue weighted by molar-refractivity contribution is 5.88. The van der Waals surface area contributed by atoms with Crippen molar-refractivity contribution in [2.45, 2.75) is 57.9 Å². The van der Waals surface area contributed by atoms with Gasteiger partial charge in [-0.3, -0.25) is 10.00 Å². The van der Waals surface area contributed by atoms with Crippen molar-refractivity contribution in [1.82, 2.24) is 25.1 Å². The number of carbonyl (C=O) groups excluding carboxylic acids is 1. The lowest BCUT2D eigenvalue weighted by molar-refractivity contribution is 0.0123. The molecule has 2 amide bonds. The SMILES string of the molecule is CC(C)(O)CNC(=O)Nc1cc2n(n1)CCN(c1nccc(C3CCCCO3)n1)C2. The number of urea groups is 1. The summed E-state index contributed by atoms with van der Waals surface area (Å²) in [6.07, 6.45) is 5.10. The van der Waals surface area contributed by atoms with Gasteiger partial charge in [-0.05, 0) is 39.2 Å². The predicted molar refractivity (Wildman–Crippen MR) is 111 cm³/mol. The molecule has 1 atom stereocenters. The average molecular weight is 415 g/mol. The van der Waals surface area contributed by atoms with E-state index in [0.717, 1.165) is 43.8 Å². The number of anilines is 2. The number of nitrogens with zero attached hydrogens (tertiary/aromatic N) is 5. The first kappa shape index (κ1) is 20.5. The molecular weight excluding hydrogens is 386 g/mol. The van der Waals surface area contributed by atoms with Crippen molar-refractivity contribution in [2.75, 3.05) is 29.9 Å². The predicted octanol–water partition coefficient (Wildman–Crippen LogP) is 1.83. The molecule has 2 aromatic rings. The molecule has 0 aliphatic carbocycles. The third kappa shape index (κ3) is 5.06. The van der Waals surface area contributed by atoms with Crippen LogP contribution in [0.5, 0.6) is 0 Å². The number of nitrogens with one attached hydrogen (secondary N) is 2. The Bertz CT molecular complexity index is 887. The third-order valence-electron chi connectivity index (χ3n) is 5.18. The Morgan fingerprint density at radius 1 is 1.37 bits per heavy atom. The molecule has 162 valence electrons. The summed E-state index contributed by atoms with van der Waals surface area (Å²) in [4.78, 5) is 23.3. The standard InChI is InChI=1S/C20H29N7O3/c1-20(2,29)13-22-19(28)24-17-11-14-12-26(8-9-27(14)25-17)18-21-7-6-15(23-18)16-5-3-4-10-30-16/h6-7,11,16,29H,3-5,8-10,12-13H2,1-2H3,(H2,22,24,25,28). The van der Waals surface area contributed by atoms with E-state index < -0.39 is 11.6 Å². The van der Waals surface area contributed by atoms with E-state index in [1.165, 1.54) is 0 Å². The highest BCUT2D eigenvalue weighted by Crippen LogP contribution is 2.28. The molecule has 4 heterocycles. The van der Waals surface area contributed by atoms with Crippen LogP contribution in [0, 0.1) is 0 Å². The van der Waals surface area contributed by atoms with Gasteiger partial charge in [0.05, 0.1) is 36.2 Å². The lowest BCUT2D eigenvalue weighted by Gasteiger charge is -2.28. The van der Waals surface area contributed by atoms with Crippen molar-refractivity contribution in [3.63, 3.8) is 0 Å². The van der Waals surface area contributed by atoms with Gasteiger partial charge in [0, 0.05) is 32.0 Å². The Morgan fingerprint density at radius 2 is 2.23 bits per heavy atom. The Morgan fingerprint density at radius 3 is 3.00 bits per heavy atom. The summed E-state index contributed by atoms with van der Waals surface area (Å²) in [6.45, 7) is 6.21. The van der Waals surface area contributed by atoms with Crippen molar-refractivity contribution < 1.29 is 14.6 Å². The number of amides is 2. The topological polar surface area (TPSA) is 117 Å². The normalized spacial score (nSPS) is 19.3. The van der Waals surface area contributed by atoms with Crippen LogP contribution in [0.4, 0.5) is 16.6 Å². The maximum atomic E-state index is 12.0. The van der Waals surface area contributed by atoms with Crippen molar-refractivity contribution in [1.29, 1.82) is 0 Å². The Kier molecular flexibility index (Phi) is 5.87. The molecule has 0 saturated carbocycles. The molecule has 2 aromatic heterocycles. The van der Waals surface area contributed by atoms with Crippen LogP contribution in [0.15, 0.2) is 18.3 Å². The van der Waals surface area contributed by atoms with Crippen LogP contribution in [-0.2, 0) is 17.8 Å². The minimum Gasteiger partial charge on any atom is -0.389 e. The average Bonchev–Trinajstić information content (AvgIpc) is 3.14. The van der Waals surface area contributed by atoms with Crippen LogP contribution < -0.4 is 15.5 Å². The molecule has 1 fully saturated rings. The van der Waals surface area contributed by atoms with Gasteiger partial charge in [-0.15, -0.1) is 0 Å². The number of hydrogen-bond acceptors (Lipinski definition) is 7. The van der Waals surface area contributed by atoms with Gasteiger partial charge >= 0.3 is 6.03 Å². The van der Waals surface area contributed by atoms with Crippen LogP contribution in [0.1, 0.15) is 50.6 Å². The first-order chi connectivity index (χ1) is 14.4. The highest BCUT2D eigenvalue weighted by Gasteiger charge is 2.23. The zero-order valence-corrected chi connectivity index (χ0v) is 17.5. The number of carbonyl (C=O) groups is 1. The second kappa shape index (κ2) is 8.57. The molecule has 0 bridgehead atoms. The summed E-state index contributed by atoms with van der Waals surface area (Å²) in [5.74, 6) is 1.16. The van der Waals surface area contributed by atoms with Gasteiger partial charge in [0.15, 0.2) is 5.82 Å². The van der Waals surface area contributed by atoms with E-state index in [0.29, 0.717) is 24.9 Å². The Labute approximate surface area is 175 Å². The number of hydrogen-bond donors (Lipinski definition) is 3. The molecule has 0 radical (unpaired) electrons. The van der Waals surface area contributed by atoms with Gasteiger partial charge in [0.25, 0.3) is 0 Å². The molecule has 0 aromatic carbocycles. The maximum Gasteiger partial charge on any atom is 0.320 e. The third-order valence-corrected chi connectivity index (χ3v) is 5.18. The first-order valence-electron chi connectivity index (χ1n) is 10.4. The summed E-state index contributed by atoms with van der Waals surface area (Å²) in [6, 6.07) is 3.39. The number of fused-ring (bicyclic) bond motifs is 1. The fraction of sp³-hybridized carbons (Fsp3) is 0.600. The molecule has 2 aliphatic heterocycles. The zero-order valence-electron chi connectivity index (χ0n) is 17.5. The lowest BCUT2D eigenvalue weighted by Crippen LogP contribution is -2.40. The number of rotatable bonds is 5. The molecule has 1 saturated heterocycles. The van der Waals surface area contributed by atoms with Crippen LogP contribution in [0.2, 0.25) is 0 Å². The fourth-order valence-electron chi connectivity index (χ4n) is 3.62. The van der Waals surface area contributed by atoms with Crippen LogP contribution in [-0.4, -0.2) is 56.2 Å². The largest absolute Gasteiger partial charge is 0.389 e.